The van der Waals surface area contributed by atoms with Crippen LogP contribution in [0.1, 0.15) is 6.92 Å². The summed E-state index contributed by atoms with van der Waals surface area (Å²) in [5.41, 5.74) is 0. The summed E-state index contributed by atoms with van der Waals surface area (Å²) in [5, 5.41) is 15.2. The SMILES string of the molecule is CC[NH+](O)O.[Br-]. The summed E-state index contributed by atoms with van der Waals surface area (Å²) in [6, 6.07) is 0. The van der Waals surface area contributed by atoms with Crippen LogP contribution in [0.3, 0.4) is 0 Å². The van der Waals surface area contributed by atoms with Gasteiger partial charge in [-0.15, -0.1) is 0 Å². The van der Waals surface area contributed by atoms with Crippen molar-refractivity contribution >= 4 is 0 Å². The zero-order valence-corrected chi connectivity index (χ0v) is 5.07. The van der Waals surface area contributed by atoms with Crippen LogP contribution in [0.2, 0.25) is 0 Å². The Morgan fingerprint density at radius 3 is 1.67 bits per heavy atom. The van der Waals surface area contributed by atoms with Gasteiger partial charge in [-0.2, -0.15) is 10.4 Å². The van der Waals surface area contributed by atoms with Gasteiger partial charge < -0.3 is 17.0 Å². The van der Waals surface area contributed by atoms with Crippen molar-refractivity contribution in [1.82, 2.24) is 0 Å². The fourth-order valence-electron chi connectivity index (χ4n) is 0. The Bertz CT molecular complexity index is 25.5. The molecule has 0 aliphatic heterocycles. The number of nitrogens with one attached hydrogen (secondary N) is 1. The summed E-state index contributed by atoms with van der Waals surface area (Å²) in [6.07, 6.45) is 0. The lowest BCUT2D eigenvalue weighted by Gasteiger charge is -1.89. The molecule has 4 heteroatoms. The Hall–Kier alpha value is 0.360. The molecule has 0 aromatic carbocycles. The summed E-state index contributed by atoms with van der Waals surface area (Å²) >= 11 is 0. The monoisotopic (exact) mass is 157 g/mol. The van der Waals surface area contributed by atoms with Gasteiger partial charge in [0, 0.05) is 0 Å². The molecule has 40 valence electrons. The highest BCUT2D eigenvalue weighted by Crippen LogP contribution is 1.24. The molecule has 0 amide bonds. The molecule has 0 aromatic rings. The summed E-state index contributed by atoms with van der Waals surface area (Å²) in [4.78, 5) is 0. The minimum absolute atomic E-state index is 0. The van der Waals surface area contributed by atoms with Gasteiger partial charge in [-0.3, -0.25) is 0 Å². The standard InChI is InChI=1S/C2H7NO2.BrH/c1-2-3(4)5;/h4-5H,2H2,1H3;1H. The summed E-state index contributed by atoms with van der Waals surface area (Å²) < 4.78 is 0. The second-order valence-corrected chi connectivity index (χ2v) is 0.770. The zero-order chi connectivity index (χ0) is 4.28. The Morgan fingerprint density at radius 1 is 1.50 bits per heavy atom. The summed E-state index contributed by atoms with van der Waals surface area (Å²) in [6.45, 7) is 2.00. The lowest BCUT2D eigenvalue weighted by Crippen LogP contribution is -3.06. The second kappa shape index (κ2) is 5.36. The van der Waals surface area contributed by atoms with E-state index in [1.54, 1.807) is 6.92 Å². The molecule has 0 bridgehead atoms. The van der Waals surface area contributed by atoms with Crippen molar-refractivity contribution in [3.8, 4) is 0 Å². The fraction of sp³-hybridized carbons (Fsp3) is 1.00. The van der Waals surface area contributed by atoms with Gasteiger partial charge in [0.25, 0.3) is 0 Å². The van der Waals surface area contributed by atoms with Gasteiger partial charge in [-0.1, -0.05) is 5.23 Å². The van der Waals surface area contributed by atoms with E-state index in [1.165, 1.54) is 0 Å². The third-order valence-electron chi connectivity index (χ3n) is 0.316. The Morgan fingerprint density at radius 2 is 1.67 bits per heavy atom. The largest absolute Gasteiger partial charge is 1.00 e. The van der Waals surface area contributed by atoms with Gasteiger partial charge in [0.05, 0.1) is 0 Å². The maximum absolute atomic E-state index is 7.83. The minimum Gasteiger partial charge on any atom is -1.00 e. The van der Waals surface area contributed by atoms with Crippen LogP contribution < -0.4 is 22.2 Å². The van der Waals surface area contributed by atoms with Crippen LogP contribution >= 0.6 is 0 Å². The summed E-state index contributed by atoms with van der Waals surface area (Å²) in [5.74, 6) is 0. The van der Waals surface area contributed by atoms with Crippen LogP contribution in [0.15, 0.2) is 0 Å². The Balaban J connectivity index is 0. The van der Waals surface area contributed by atoms with E-state index < -0.39 is 5.23 Å². The van der Waals surface area contributed by atoms with Gasteiger partial charge in [0.2, 0.25) is 0 Å². The molecule has 0 radical (unpaired) electrons. The maximum atomic E-state index is 7.83. The van der Waals surface area contributed by atoms with Crippen LogP contribution in [-0.2, 0) is 0 Å². The van der Waals surface area contributed by atoms with Crippen LogP contribution in [0.5, 0.6) is 0 Å². The number of hydroxylamine groups is 2. The number of hydrogen-bond donors (Lipinski definition) is 3. The van der Waals surface area contributed by atoms with Gasteiger partial charge in [-0.05, 0) is 6.92 Å². The molecule has 6 heavy (non-hydrogen) atoms. The normalized spacial score (nSPS) is 8.00. The van der Waals surface area contributed by atoms with E-state index in [1.807, 2.05) is 0 Å². The highest BCUT2D eigenvalue weighted by molar-refractivity contribution is 3.83. The molecule has 0 unspecified atom stereocenters. The van der Waals surface area contributed by atoms with E-state index in [4.69, 9.17) is 10.4 Å². The molecular weight excluding hydrogens is 150 g/mol. The van der Waals surface area contributed by atoms with Crippen molar-refractivity contribution < 1.29 is 32.6 Å². The molecule has 0 fully saturated rings. The molecule has 0 heterocycles. The fourth-order valence-corrected chi connectivity index (χ4v) is 0. The van der Waals surface area contributed by atoms with Crippen molar-refractivity contribution in [3.05, 3.63) is 0 Å². The topological polar surface area (TPSA) is 44.9 Å². The molecule has 0 spiro atoms. The lowest BCUT2D eigenvalue weighted by atomic mass is 10.8. The van der Waals surface area contributed by atoms with E-state index in [2.05, 4.69) is 0 Å². The van der Waals surface area contributed by atoms with Gasteiger partial charge in [-0.25, -0.2) is 0 Å². The molecule has 3 N–H and O–H groups in total. The van der Waals surface area contributed by atoms with Gasteiger partial charge in [0.1, 0.15) is 6.54 Å². The van der Waals surface area contributed by atoms with E-state index >= 15 is 0 Å². The average Bonchev–Trinajstić information content (AvgIpc) is 1.38. The predicted molar refractivity (Wildman–Crippen MR) is 15.1 cm³/mol. The first-order valence-corrected chi connectivity index (χ1v) is 1.51. The molecule has 0 atom stereocenters. The maximum Gasteiger partial charge on any atom is 0.137 e. The number of rotatable bonds is 1. The van der Waals surface area contributed by atoms with E-state index in [9.17, 15) is 0 Å². The third kappa shape index (κ3) is 8.84. The number of hydrogen-bond acceptors (Lipinski definition) is 2. The van der Waals surface area contributed by atoms with Crippen molar-refractivity contribution in [2.45, 2.75) is 6.92 Å². The predicted octanol–water partition coefficient (Wildman–Crippen LogP) is -4.33. The molecule has 3 nitrogen and oxygen atoms in total. The molecule has 0 saturated heterocycles. The van der Waals surface area contributed by atoms with Crippen LogP contribution in [0.4, 0.5) is 0 Å². The third-order valence-corrected chi connectivity index (χ3v) is 0.316. The number of quaternary nitrogens is 1. The highest BCUT2D eigenvalue weighted by Gasteiger charge is 1.82. The zero-order valence-electron chi connectivity index (χ0n) is 3.48. The van der Waals surface area contributed by atoms with Crippen LogP contribution in [0, 0.1) is 0 Å². The molecule has 0 rings (SSSR count). The van der Waals surface area contributed by atoms with Crippen molar-refractivity contribution in [1.29, 1.82) is 0 Å². The van der Waals surface area contributed by atoms with Crippen molar-refractivity contribution in [3.63, 3.8) is 0 Å². The first kappa shape index (κ1) is 9.61. The lowest BCUT2D eigenvalue weighted by molar-refractivity contribution is -1.24. The second-order valence-electron chi connectivity index (χ2n) is 0.770. The Labute approximate surface area is 46.9 Å². The Kier molecular flexibility index (Phi) is 8.59. The van der Waals surface area contributed by atoms with Crippen molar-refractivity contribution in [2.75, 3.05) is 6.54 Å². The van der Waals surface area contributed by atoms with E-state index in [0.717, 1.165) is 0 Å². The minimum atomic E-state index is -0.495. The van der Waals surface area contributed by atoms with Crippen LogP contribution in [0.25, 0.3) is 0 Å². The highest BCUT2D eigenvalue weighted by atomic mass is 79.9. The first-order valence-electron chi connectivity index (χ1n) is 1.51. The van der Waals surface area contributed by atoms with E-state index in [0.29, 0.717) is 6.54 Å². The quantitative estimate of drug-likeness (QED) is 0.338. The first-order chi connectivity index (χ1) is 2.27. The molecule has 0 saturated carbocycles. The molecule has 0 aromatic heterocycles. The van der Waals surface area contributed by atoms with E-state index in [-0.39, 0.29) is 17.0 Å². The van der Waals surface area contributed by atoms with Gasteiger partial charge in [0.15, 0.2) is 0 Å². The van der Waals surface area contributed by atoms with Crippen LogP contribution in [-0.4, -0.2) is 17.0 Å². The smallest absolute Gasteiger partial charge is 0.137 e. The average molecular weight is 158 g/mol. The molecule has 0 aliphatic carbocycles. The summed E-state index contributed by atoms with van der Waals surface area (Å²) in [7, 11) is 0. The van der Waals surface area contributed by atoms with Gasteiger partial charge >= 0.3 is 0 Å². The number of halogens is 1. The molecular formula is C2H8BrNO2. The molecule has 0 aliphatic rings. The van der Waals surface area contributed by atoms with Crippen molar-refractivity contribution in [2.24, 2.45) is 0 Å².